The van der Waals surface area contributed by atoms with E-state index in [-0.39, 0.29) is 0 Å². The standard InChI is InChI=1S/C17H13N3O/c1-21-13-6-4-5-12(9-13)14(10-18)17-11-19-15-7-2-3-8-16(15)20-17/h2-9,11,14H,1H3/t14-/m1/s1. The van der Waals surface area contributed by atoms with E-state index in [0.29, 0.717) is 5.69 Å². The van der Waals surface area contributed by atoms with Crippen molar-refractivity contribution in [3.05, 3.63) is 66.0 Å². The molecule has 1 atom stereocenters. The van der Waals surface area contributed by atoms with Crippen LogP contribution in [0.25, 0.3) is 11.0 Å². The summed E-state index contributed by atoms with van der Waals surface area (Å²) in [6.45, 7) is 0. The highest BCUT2D eigenvalue weighted by Crippen LogP contribution is 2.26. The lowest BCUT2D eigenvalue weighted by atomic mass is 9.97. The molecule has 4 nitrogen and oxygen atoms in total. The van der Waals surface area contributed by atoms with Gasteiger partial charge >= 0.3 is 0 Å². The number of methoxy groups -OCH3 is 1. The quantitative estimate of drug-likeness (QED) is 0.736. The number of fused-ring (bicyclic) bond motifs is 1. The number of ether oxygens (including phenoxy) is 1. The summed E-state index contributed by atoms with van der Waals surface area (Å²) in [6, 6.07) is 17.4. The molecule has 0 radical (unpaired) electrons. The van der Waals surface area contributed by atoms with E-state index >= 15 is 0 Å². The number of nitriles is 1. The summed E-state index contributed by atoms with van der Waals surface area (Å²) >= 11 is 0. The lowest BCUT2D eigenvalue weighted by molar-refractivity contribution is 0.414. The SMILES string of the molecule is COc1cccc([C@@H](C#N)c2cnc3ccccc3n2)c1. The first-order valence-corrected chi connectivity index (χ1v) is 6.57. The van der Waals surface area contributed by atoms with E-state index in [1.807, 2.05) is 48.5 Å². The molecule has 0 N–H and O–H groups in total. The molecule has 3 aromatic rings. The van der Waals surface area contributed by atoms with Gasteiger partial charge in [0.1, 0.15) is 11.7 Å². The van der Waals surface area contributed by atoms with Crippen molar-refractivity contribution in [1.82, 2.24) is 9.97 Å². The van der Waals surface area contributed by atoms with Crippen molar-refractivity contribution in [2.75, 3.05) is 7.11 Å². The fourth-order valence-electron chi connectivity index (χ4n) is 2.24. The number of hydrogen-bond donors (Lipinski definition) is 0. The third kappa shape index (κ3) is 2.54. The highest BCUT2D eigenvalue weighted by Gasteiger charge is 2.16. The maximum Gasteiger partial charge on any atom is 0.119 e. The minimum absolute atomic E-state index is 0.461. The second-order valence-electron chi connectivity index (χ2n) is 4.62. The molecule has 0 bridgehead atoms. The van der Waals surface area contributed by atoms with E-state index in [0.717, 1.165) is 22.3 Å². The number of rotatable bonds is 3. The molecule has 0 aliphatic rings. The van der Waals surface area contributed by atoms with Gasteiger partial charge in [0.25, 0.3) is 0 Å². The molecule has 0 aliphatic heterocycles. The number of aromatic nitrogens is 2. The van der Waals surface area contributed by atoms with Crippen LogP contribution >= 0.6 is 0 Å². The summed E-state index contributed by atoms with van der Waals surface area (Å²) in [5.41, 5.74) is 3.10. The Kier molecular flexibility index (Phi) is 3.48. The molecule has 1 aromatic heterocycles. The maximum atomic E-state index is 9.51. The van der Waals surface area contributed by atoms with Crippen molar-refractivity contribution in [3.8, 4) is 11.8 Å². The molecule has 21 heavy (non-hydrogen) atoms. The van der Waals surface area contributed by atoms with Crippen LogP contribution in [0.15, 0.2) is 54.7 Å². The fraction of sp³-hybridized carbons (Fsp3) is 0.118. The van der Waals surface area contributed by atoms with Gasteiger partial charge in [0.05, 0.1) is 36.1 Å². The molecule has 102 valence electrons. The van der Waals surface area contributed by atoms with Gasteiger partial charge in [0.2, 0.25) is 0 Å². The third-order valence-electron chi connectivity index (χ3n) is 3.32. The topological polar surface area (TPSA) is 58.8 Å². The third-order valence-corrected chi connectivity index (χ3v) is 3.32. The highest BCUT2D eigenvalue weighted by molar-refractivity contribution is 5.73. The largest absolute Gasteiger partial charge is 0.497 e. The number of para-hydroxylation sites is 2. The average molecular weight is 275 g/mol. The van der Waals surface area contributed by atoms with Crippen LogP contribution in [0.4, 0.5) is 0 Å². The molecule has 2 aromatic carbocycles. The first kappa shape index (κ1) is 13.1. The fourth-order valence-corrected chi connectivity index (χ4v) is 2.24. The second kappa shape index (κ2) is 5.59. The van der Waals surface area contributed by atoms with Crippen LogP contribution in [0, 0.1) is 11.3 Å². The van der Waals surface area contributed by atoms with Crippen LogP contribution in [0.2, 0.25) is 0 Å². The predicted molar refractivity (Wildman–Crippen MR) is 80.0 cm³/mol. The van der Waals surface area contributed by atoms with E-state index in [4.69, 9.17) is 4.74 Å². The summed E-state index contributed by atoms with van der Waals surface area (Å²) in [5.74, 6) is 0.263. The van der Waals surface area contributed by atoms with Gasteiger partial charge in [-0.1, -0.05) is 24.3 Å². The molecular formula is C17H13N3O. The molecule has 0 spiro atoms. The summed E-state index contributed by atoms with van der Waals surface area (Å²) in [7, 11) is 1.61. The van der Waals surface area contributed by atoms with E-state index < -0.39 is 5.92 Å². The van der Waals surface area contributed by atoms with E-state index in [1.54, 1.807) is 13.3 Å². The molecule has 0 saturated carbocycles. The van der Waals surface area contributed by atoms with Crippen LogP contribution < -0.4 is 4.74 Å². The molecule has 0 saturated heterocycles. The Morgan fingerprint density at radius 1 is 1.10 bits per heavy atom. The second-order valence-corrected chi connectivity index (χ2v) is 4.62. The van der Waals surface area contributed by atoms with Crippen LogP contribution in [-0.4, -0.2) is 17.1 Å². The van der Waals surface area contributed by atoms with Gasteiger partial charge in [-0.3, -0.25) is 4.98 Å². The van der Waals surface area contributed by atoms with Crippen molar-refractivity contribution >= 4 is 11.0 Å². The summed E-state index contributed by atoms with van der Waals surface area (Å²) < 4.78 is 5.21. The molecular weight excluding hydrogens is 262 g/mol. The molecule has 4 heteroatoms. The van der Waals surface area contributed by atoms with E-state index in [9.17, 15) is 5.26 Å². The van der Waals surface area contributed by atoms with E-state index in [1.165, 1.54) is 0 Å². The monoisotopic (exact) mass is 275 g/mol. The maximum absolute atomic E-state index is 9.51. The Labute approximate surface area is 122 Å². The van der Waals surface area contributed by atoms with Gasteiger partial charge in [0.15, 0.2) is 0 Å². The van der Waals surface area contributed by atoms with Gasteiger partial charge in [-0.05, 0) is 29.8 Å². The molecule has 0 unspecified atom stereocenters. The van der Waals surface area contributed by atoms with Crippen LogP contribution in [0.5, 0.6) is 5.75 Å². The van der Waals surface area contributed by atoms with Gasteiger partial charge in [-0.15, -0.1) is 0 Å². The Bertz CT molecular complexity index is 823. The zero-order valence-electron chi connectivity index (χ0n) is 11.5. The average Bonchev–Trinajstić information content (AvgIpc) is 2.56. The molecule has 1 heterocycles. The smallest absolute Gasteiger partial charge is 0.119 e. The van der Waals surface area contributed by atoms with Crippen LogP contribution in [0.1, 0.15) is 17.2 Å². The number of nitrogens with zero attached hydrogens (tertiary/aromatic N) is 3. The zero-order chi connectivity index (χ0) is 14.7. The first-order chi connectivity index (χ1) is 10.3. The van der Waals surface area contributed by atoms with Crippen molar-refractivity contribution in [2.45, 2.75) is 5.92 Å². The van der Waals surface area contributed by atoms with Crippen LogP contribution in [-0.2, 0) is 0 Å². The van der Waals surface area contributed by atoms with Gasteiger partial charge in [0, 0.05) is 0 Å². The Balaban J connectivity index is 2.07. The molecule has 0 aliphatic carbocycles. The van der Waals surface area contributed by atoms with Crippen molar-refractivity contribution in [2.24, 2.45) is 0 Å². The summed E-state index contributed by atoms with van der Waals surface area (Å²) in [6.07, 6.45) is 1.66. The predicted octanol–water partition coefficient (Wildman–Crippen LogP) is 3.29. The lowest BCUT2D eigenvalue weighted by Crippen LogP contribution is -2.02. The number of benzene rings is 2. The zero-order valence-corrected chi connectivity index (χ0v) is 11.5. The first-order valence-electron chi connectivity index (χ1n) is 6.57. The Morgan fingerprint density at radius 3 is 2.67 bits per heavy atom. The Morgan fingerprint density at radius 2 is 1.90 bits per heavy atom. The minimum Gasteiger partial charge on any atom is -0.497 e. The minimum atomic E-state index is -0.461. The summed E-state index contributed by atoms with van der Waals surface area (Å²) in [5, 5.41) is 9.51. The number of hydrogen-bond acceptors (Lipinski definition) is 4. The van der Waals surface area contributed by atoms with Crippen molar-refractivity contribution < 1.29 is 4.74 Å². The van der Waals surface area contributed by atoms with E-state index in [2.05, 4.69) is 16.0 Å². The van der Waals surface area contributed by atoms with Gasteiger partial charge < -0.3 is 4.74 Å². The van der Waals surface area contributed by atoms with Crippen molar-refractivity contribution in [1.29, 1.82) is 5.26 Å². The lowest BCUT2D eigenvalue weighted by Gasteiger charge is -2.10. The molecule has 0 amide bonds. The van der Waals surface area contributed by atoms with Crippen molar-refractivity contribution in [3.63, 3.8) is 0 Å². The molecule has 0 fully saturated rings. The highest BCUT2D eigenvalue weighted by atomic mass is 16.5. The van der Waals surface area contributed by atoms with Gasteiger partial charge in [-0.2, -0.15) is 5.26 Å². The van der Waals surface area contributed by atoms with Gasteiger partial charge in [-0.25, -0.2) is 4.98 Å². The molecule has 3 rings (SSSR count). The summed E-state index contributed by atoms with van der Waals surface area (Å²) in [4.78, 5) is 8.93. The van der Waals surface area contributed by atoms with Crippen LogP contribution in [0.3, 0.4) is 0 Å². The Hall–Kier alpha value is -2.93. The normalized spacial score (nSPS) is 11.8.